The predicted molar refractivity (Wildman–Crippen MR) is 122 cm³/mol. The molecule has 0 aliphatic carbocycles. The van der Waals surface area contributed by atoms with Gasteiger partial charge in [-0.3, -0.25) is 4.79 Å². The van der Waals surface area contributed by atoms with Gasteiger partial charge in [-0.2, -0.15) is 0 Å². The monoisotopic (exact) mass is 410 g/mol. The molecule has 0 N–H and O–H groups in total. The highest BCUT2D eigenvalue weighted by atomic mass is 16.5. The number of benzene rings is 2. The second-order valence-corrected chi connectivity index (χ2v) is 7.82. The number of nitrogens with zero attached hydrogens (tertiary/aromatic N) is 2. The average Bonchev–Trinajstić information content (AvgIpc) is 2.81. The third-order valence-corrected chi connectivity index (χ3v) is 5.81. The second-order valence-electron chi connectivity index (χ2n) is 7.82. The third kappa shape index (κ3) is 5.47. The molecule has 1 heterocycles. The normalized spacial score (nSPS) is 14.0. The molecular weight excluding hydrogens is 376 g/mol. The molecule has 5 heteroatoms. The minimum atomic E-state index is 0.119. The van der Waals surface area contributed by atoms with Crippen LogP contribution in [0.5, 0.6) is 11.5 Å². The molecule has 0 aromatic heterocycles. The Labute approximate surface area is 180 Å². The molecule has 1 saturated heterocycles. The van der Waals surface area contributed by atoms with Crippen molar-refractivity contribution in [3.63, 3.8) is 0 Å². The van der Waals surface area contributed by atoms with E-state index >= 15 is 0 Å². The summed E-state index contributed by atoms with van der Waals surface area (Å²) in [7, 11) is 3.32. The van der Waals surface area contributed by atoms with Gasteiger partial charge in [0.05, 0.1) is 19.9 Å². The minimum Gasteiger partial charge on any atom is -0.497 e. The molecule has 30 heavy (non-hydrogen) atoms. The van der Waals surface area contributed by atoms with Crippen molar-refractivity contribution in [1.29, 1.82) is 0 Å². The Hall–Kier alpha value is -2.69. The van der Waals surface area contributed by atoms with Crippen LogP contribution in [0.25, 0.3) is 0 Å². The summed E-state index contributed by atoms with van der Waals surface area (Å²) < 4.78 is 10.8. The summed E-state index contributed by atoms with van der Waals surface area (Å²) in [6.45, 7) is 5.20. The fourth-order valence-corrected chi connectivity index (χ4v) is 3.95. The van der Waals surface area contributed by atoms with E-state index in [1.54, 1.807) is 14.2 Å². The predicted octanol–water partition coefficient (Wildman–Crippen LogP) is 4.79. The Morgan fingerprint density at radius 3 is 2.27 bits per heavy atom. The molecule has 0 bridgehead atoms. The molecule has 3 rings (SSSR count). The Bertz CT molecular complexity index is 812. The van der Waals surface area contributed by atoms with Crippen LogP contribution in [0.15, 0.2) is 42.5 Å². The van der Waals surface area contributed by atoms with Gasteiger partial charge in [0, 0.05) is 37.8 Å². The summed E-state index contributed by atoms with van der Waals surface area (Å²) >= 11 is 0. The Morgan fingerprint density at radius 1 is 0.900 bits per heavy atom. The van der Waals surface area contributed by atoms with E-state index in [2.05, 4.69) is 24.0 Å². The average molecular weight is 411 g/mol. The number of anilines is 1. The molecule has 1 aliphatic heterocycles. The largest absolute Gasteiger partial charge is 0.497 e. The van der Waals surface area contributed by atoms with Crippen LogP contribution < -0.4 is 14.4 Å². The zero-order chi connectivity index (χ0) is 21.3. The Morgan fingerprint density at radius 2 is 1.63 bits per heavy atom. The molecule has 1 aliphatic rings. The van der Waals surface area contributed by atoms with Crippen molar-refractivity contribution in [2.45, 2.75) is 39.0 Å². The lowest BCUT2D eigenvalue weighted by atomic mass is 10.0. The number of piperazine rings is 1. The molecule has 0 saturated carbocycles. The molecule has 1 fully saturated rings. The lowest BCUT2D eigenvalue weighted by Gasteiger charge is -2.36. The van der Waals surface area contributed by atoms with Crippen molar-refractivity contribution in [3.8, 4) is 11.5 Å². The number of unbranched alkanes of at least 4 members (excludes halogenated alkanes) is 3. The molecule has 5 nitrogen and oxygen atoms in total. The van der Waals surface area contributed by atoms with E-state index < -0.39 is 0 Å². The highest BCUT2D eigenvalue weighted by Gasteiger charge is 2.24. The van der Waals surface area contributed by atoms with Gasteiger partial charge in [-0.05, 0) is 42.7 Å². The van der Waals surface area contributed by atoms with E-state index in [0.717, 1.165) is 42.3 Å². The quantitative estimate of drug-likeness (QED) is 0.558. The maximum atomic E-state index is 12.9. The van der Waals surface area contributed by atoms with Crippen LogP contribution in [-0.2, 0) is 6.42 Å². The second kappa shape index (κ2) is 10.9. The van der Waals surface area contributed by atoms with Crippen molar-refractivity contribution in [3.05, 3.63) is 53.6 Å². The van der Waals surface area contributed by atoms with Gasteiger partial charge in [0.1, 0.15) is 11.5 Å². The Kier molecular flexibility index (Phi) is 8.00. The molecule has 2 aromatic rings. The van der Waals surface area contributed by atoms with Crippen LogP contribution in [0.3, 0.4) is 0 Å². The van der Waals surface area contributed by atoms with Crippen molar-refractivity contribution in [2.75, 3.05) is 45.3 Å². The molecule has 0 spiro atoms. The highest BCUT2D eigenvalue weighted by molar-refractivity contribution is 5.94. The summed E-state index contributed by atoms with van der Waals surface area (Å²) in [5.74, 6) is 1.69. The molecule has 2 aromatic carbocycles. The van der Waals surface area contributed by atoms with Crippen molar-refractivity contribution >= 4 is 11.6 Å². The third-order valence-electron chi connectivity index (χ3n) is 5.81. The number of ether oxygens (including phenoxy) is 2. The summed E-state index contributed by atoms with van der Waals surface area (Å²) in [6.07, 6.45) is 6.14. The van der Waals surface area contributed by atoms with Gasteiger partial charge in [0.25, 0.3) is 5.91 Å². The fourth-order valence-electron chi connectivity index (χ4n) is 3.95. The smallest absolute Gasteiger partial charge is 0.253 e. The van der Waals surface area contributed by atoms with Gasteiger partial charge >= 0.3 is 0 Å². The van der Waals surface area contributed by atoms with Crippen LogP contribution in [0.2, 0.25) is 0 Å². The van der Waals surface area contributed by atoms with E-state index in [1.165, 1.54) is 31.2 Å². The van der Waals surface area contributed by atoms with E-state index in [1.807, 2.05) is 35.2 Å². The standard InChI is InChI=1S/C25H34N2O3/c1-4-5-6-7-8-20-9-11-21(12-10-20)25(28)27-17-15-26(16-18-27)23-14-13-22(29-2)19-24(23)30-3/h9-14,19H,4-8,15-18H2,1-3H3. The molecule has 0 radical (unpaired) electrons. The van der Waals surface area contributed by atoms with Crippen molar-refractivity contribution in [2.24, 2.45) is 0 Å². The SMILES string of the molecule is CCCCCCc1ccc(C(=O)N2CCN(c3ccc(OC)cc3OC)CC2)cc1. The summed E-state index contributed by atoms with van der Waals surface area (Å²) in [5, 5.41) is 0. The molecule has 1 amide bonds. The summed E-state index contributed by atoms with van der Waals surface area (Å²) in [6, 6.07) is 14.0. The zero-order valence-electron chi connectivity index (χ0n) is 18.5. The van der Waals surface area contributed by atoms with E-state index in [-0.39, 0.29) is 5.91 Å². The zero-order valence-corrected chi connectivity index (χ0v) is 18.5. The van der Waals surface area contributed by atoms with Gasteiger partial charge in [0.2, 0.25) is 0 Å². The van der Waals surface area contributed by atoms with E-state index in [4.69, 9.17) is 9.47 Å². The topological polar surface area (TPSA) is 42.0 Å². The minimum absolute atomic E-state index is 0.119. The summed E-state index contributed by atoms with van der Waals surface area (Å²) in [5.41, 5.74) is 3.14. The van der Waals surface area contributed by atoms with Crippen LogP contribution in [0, 0.1) is 0 Å². The molecule has 0 atom stereocenters. The number of carbonyl (C=O) groups is 1. The van der Waals surface area contributed by atoms with Gasteiger partial charge in [0.15, 0.2) is 0 Å². The van der Waals surface area contributed by atoms with E-state index in [9.17, 15) is 4.79 Å². The van der Waals surface area contributed by atoms with Gasteiger partial charge in [-0.25, -0.2) is 0 Å². The number of methoxy groups -OCH3 is 2. The van der Waals surface area contributed by atoms with Crippen LogP contribution in [0.4, 0.5) is 5.69 Å². The number of hydrogen-bond acceptors (Lipinski definition) is 4. The lowest BCUT2D eigenvalue weighted by molar-refractivity contribution is 0.0746. The molecular formula is C25H34N2O3. The number of aryl methyl sites for hydroxylation is 1. The molecule has 0 unspecified atom stereocenters. The fraction of sp³-hybridized carbons (Fsp3) is 0.480. The highest BCUT2D eigenvalue weighted by Crippen LogP contribution is 2.32. The van der Waals surface area contributed by atoms with Crippen LogP contribution >= 0.6 is 0 Å². The Balaban J connectivity index is 1.55. The van der Waals surface area contributed by atoms with E-state index in [0.29, 0.717) is 13.1 Å². The van der Waals surface area contributed by atoms with Crippen LogP contribution in [0.1, 0.15) is 48.5 Å². The number of rotatable bonds is 9. The lowest BCUT2D eigenvalue weighted by Crippen LogP contribution is -2.48. The number of carbonyl (C=O) groups excluding carboxylic acids is 1. The first-order chi connectivity index (χ1) is 14.7. The first-order valence-corrected chi connectivity index (χ1v) is 11.0. The first kappa shape index (κ1) is 22.0. The maximum absolute atomic E-state index is 12.9. The van der Waals surface area contributed by atoms with Gasteiger partial charge in [-0.1, -0.05) is 38.3 Å². The maximum Gasteiger partial charge on any atom is 0.253 e. The van der Waals surface area contributed by atoms with Crippen molar-refractivity contribution in [1.82, 2.24) is 4.90 Å². The summed E-state index contributed by atoms with van der Waals surface area (Å²) in [4.78, 5) is 17.1. The van der Waals surface area contributed by atoms with Crippen LogP contribution in [-0.4, -0.2) is 51.2 Å². The molecule has 162 valence electrons. The van der Waals surface area contributed by atoms with Crippen molar-refractivity contribution < 1.29 is 14.3 Å². The van der Waals surface area contributed by atoms with Gasteiger partial charge < -0.3 is 19.3 Å². The van der Waals surface area contributed by atoms with Gasteiger partial charge in [-0.15, -0.1) is 0 Å². The number of hydrogen-bond donors (Lipinski definition) is 0. The first-order valence-electron chi connectivity index (χ1n) is 11.0. The number of amides is 1.